The zero-order valence-corrected chi connectivity index (χ0v) is 20.6. The third kappa shape index (κ3) is 4.62. The molecule has 2 aromatic carbocycles. The number of anilines is 1. The molecule has 4 nitrogen and oxygen atoms in total. The Morgan fingerprint density at radius 2 is 1.58 bits per heavy atom. The maximum absolute atomic E-state index is 13.9. The Kier molecular flexibility index (Phi) is 6.73. The molecule has 174 valence electrons. The quantitative estimate of drug-likeness (QED) is 0.520. The fraction of sp³-hybridized carbons (Fsp3) is 0.448. The Bertz CT molecular complexity index is 1070. The molecule has 2 amide bonds. The Morgan fingerprint density at radius 3 is 2.18 bits per heavy atom. The highest BCUT2D eigenvalue weighted by Crippen LogP contribution is 2.38. The molecular weight excluding hydrogens is 408 g/mol. The minimum atomic E-state index is -0.214. The van der Waals surface area contributed by atoms with Crippen molar-refractivity contribution in [2.45, 2.75) is 60.3 Å². The number of piperidine rings is 1. The third-order valence-electron chi connectivity index (χ3n) is 6.91. The predicted molar refractivity (Wildman–Crippen MR) is 135 cm³/mol. The first-order chi connectivity index (χ1) is 15.8. The maximum atomic E-state index is 13.9. The van der Waals surface area contributed by atoms with Gasteiger partial charge < -0.3 is 4.90 Å². The number of benzene rings is 2. The molecule has 1 saturated heterocycles. The summed E-state index contributed by atoms with van der Waals surface area (Å²) in [6, 6.07) is 14.0. The number of likely N-dealkylation sites (tertiary alicyclic amines) is 1. The van der Waals surface area contributed by atoms with Crippen molar-refractivity contribution in [3.63, 3.8) is 0 Å². The van der Waals surface area contributed by atoms with Gasteiger partial charge in [0.1, 0.15) is 5.70 Å². The maximum Gasteiger partial charge on any atom is 0.282 e. The van der Waals surface area contributed by atoms with Crippen LogP contribution >= 0.6 is 0 Å². The van der Waals surface area contributed by atoms with E-state index in [-0.39, 0.29) is 11.8 Å². The molecule has 1 fully saturated rings. The second-order valence-electron chi connectivity index (χ2n) is 10.1. The lowest BCUT2D eigenvalue weighted by Crippen LogP contribution is -2.42. The van der Waals surface area contributed by atoms with Gasteiger partial charge in [-0.05, 0) is 73.8 Å². The van der Waals surface area contributed by atoms with Crippen molar-refractivity contribution in [2.24, 2.45) is 11.8 Å². The number of hydrogen-bond acceptors (Lipinski definition) is 3. The van der Waals surface area contributed by atoms with Gasteiger partial charge in [0.2, 0.25) is 0 Å². The number of unbranched alkanes of at least 4 members (excludes halogenated alkanes) is 1. The standard InChI is InChI=1S/C29H36N2O2/c1-6-7-8-23-10-12-24(13-11-23)31-28(32)26(25-14-9-19(2)16-22(25)5)27(29(31)33)30-17-20(3)15-21(4)18-30/h9-14,16,20-21H,6-8,15,17-18H2,1-5H3. The molecule has 0 N–H and O–H groups in total. The molecule has 2 aliphatic heterocycles. The summed E-state index contributed by atoms with van der Waals surface area (Å²) in [6.45, 7) is 12.3. The molecule has 0 bridgehead atoms. The van der Waals surface area contributed by atoms with Crippen LogP contribution in [0.1, 0.15) is 62.3 Å². The number of amides is 2. The summed E-state index contributed by atoms with van der Waals surface area (Å²) >= 11 is 0. The summed E-state index contributed by atoms with van der Waals surface area (Å²) < 4.78 is 0. The van der Waals surface area contributed by atoms with Gasteiger partial charge in [0, 0.05) is 13.1 Å². The van der Waals surface area contributed by atoms with Gasteiger partial charge in [0.05, 0.1) is 11.3 Å². The number of hydrogen-bond donors (Lipinski definition) is 0. The largest absolute Gasteiger partial charge is 0.366 e. The summed E-state index contributed by atoms with van der Waals surface area (Å²) in [7, 11) is 0. The van der Waals surface area contributed by atoms with Gasteiger partial charge in [-0.2, -0.15) is 0 Å². The summed E-state index contributed by atoms with van der Waals surface area (Å²) in [5.74, 6) is 0.555. The Morgan fingerprint density at radius 1 is 0.909 bits per heavy atom. The Labute approximate surface area is 198 Å². The summed E-state index contributed by atoms with van der Waals surface area (Å²) in [5.41, 5.74) is 6.05. The fourth-order valence-corrected chi connectivity index (χ4v) is 5.42. The van der Waals surface area contributed by atoms with Crippen molar-refractivity contribution in [1.29, 1.82) is 0 Å². The normalized spacial score (nSPS) is 21.4. The van der Waals surface area contributed by atoms with E-state index in [2.05, 4.69) is 31.7 Å². The molecule has 0 aromatic heterocycles. The minimum absolute atomic E-state index is 0.197. The van der Waals surface area contributed by atoms with Gasteiger partial charge in [-0.3, -0.25) is 9.59 Å². The molecule has 0 aliphatic carbocycles. The molecule has 2 atom stereocenters. The zero-order chi connectivity index (χ0) is 23.7. The van der Waals surface area contributed by atoms with Crippen LogP contribution in [0.15, 0.2) is 48.2 Å². The highest BCUT2D eigenvalue weighted by molar-refractivity contribution is 6.45. The topological polar surface area (TPSA) is 40.6 Å². The van der Waals surface area contributed by atoms with Crippen molar-refractivity contribution in [3.05, 3.63) is 70.4 Å². The average Bonchev–Trinajstić information content (AvgIpc) is 3.02. The Balaban J connectivity index is 1.77. The van der Waals surface area contributed by atoms with Gasteiger partial charge in [-0.1, -0.05) is 63.1 Å². The fourth-order valence-electron chi connectivity index (χ4n) is 5.42. The van der Waals surface area contributed by atoms with Gasteiger partial charge >= 0.3 is 0 Å². The first-order valence-corrected chi connectivity index (χ1v) is 12.3. The van der Waals surface area contributed by atoms with Crippen molar-refractivity contribution in [1.82, 2.24) is 4.90 Å². The van der Waals surface area contributed by atoms with Crippen LogP contribution < -0.4 is 4.90 Å². The molecular formula is C29H36N2O2. The van der Waals surface area contributed by atoms with E-state index in [0.717, 1.165) is 55.5 Å². The second-order valence-corrected chi connectivity index (χ2v) is 10.1. The van der Waals surface area contributed by atoms with Gasteiger partial charge in [0.25, 0.3) is 11.8 Å². The number of rotatable bonds is 6. The van der Waals surface area contributed by atoms with E-state index in [1.807, 2.05) is 50.2 Å². The van der Waals surface area contributed by atoms with E-state index in [9.17, 15) is 9.59 Å². The molecule has 2 aromatic rings. The summed E-state index contributed by atoms with van der Waals surface area (Å²) in [4.78, 5) is 31.3. The SMILES string of the molecule is CCCCc1ccc(N2C(=O)C(c3ccc(C)cc3C)=C(N3CC(C)CC(C)C3)C2=O)cc1. The predicted octanol–water partition coefficient (Wildman–Crippen LogP) is 5.91. The zero-order valence-electron chi connectivity index (χ0n) is 20.6. The van der Waals surface area contributed by atoms with Gasteiger partial charge in [-0.15, -0.1) is 0 Å². The molecule has 2 unspecified atom stereocenters. The molecule has 4 heteroatoms. The van der Waals surface area contributed by atoms with E-state index in [4.69, 9.17) is 0 Å². The minimum Gasteiger partial charge on any atom is -0.366 e. The van der Waals surface area contributed by atoms with E-state index in [1.54, 1.807) is 0 Å². The van der Waals surface area contributed by atoms with Crippen molar-refractivity contribution >= 4 is 23.1 Å². The summed E-state index contributed by atoms with van der Waals surface area (Å²) in [6.07, 6.45) is 4.44. The third-order valence-corrected chi connectivity index (χ3v) is 6.91. The lowest BCUT2D eigenvalue weighted by Gasteiger charge is -2.37. The van der Waals surface area contributed by atoms with Gasteiger partial charge in [-0.25, -0.2) is 4.90 Å². The number of aryl methyl sites for hydroxylation is 3. The second kappa shape index (κ2) is 9.54. The molecule has 33 heavy (non-hydrogen) atoms. The summed E-state index contributed by atoms with van der Waals surface area (Å²) in [5, 5.41) is 0. The van der Waals surface area contributed by atoms with Gasteiger partial charge in [0.15, 0.2) is 0 Å². The highest BCUT2D eigenvalue weighted by Gasteiger charge is 2.44. The van der Waals surface area contributed by atoms with Crippen molar-refractivity contribution < 1.29 is 9.59 Å². The van der Waals surface area contributed by atoms with Crippen molar-refractivity contribution in [2.75, 3.05) is 18.0 Å². The van der Waals surface area contributed by atoms with Crippen LogP contribution in [0.5, 0.6) is 0 Å². The first kappa shape index (κ1) is 23.3. The average molecular weight is 445 g/mol. The van der Waals surface area contributed by atoms with Crippen LogP contribution in [0.2, 0.25) is 0 Å². The number of imide groups is 1. The number of nitrogens with zero attached hydrogens (tertiary/aromatic N) is 2. The van der Waals surface area contributed by atoms with Crippen LogP contribution in [0.25, 0.3) is 5.57 Å². The monoisotopic (exact) mass is 444 g/mol. The van der Waals surface area contributed by atoms with E-state index < -0.39 is 0 Å². The molecule has 2 heterocycles. The molecule has 4 rings (SSSR count). The molecule has 0 radical (unpaired) electrons. The smallest absolute Gasteiger partial charge is 0.282 e. The van der Waals surface area contributed by atoms with E-state index >= 15 is 0 Å². The Hall–Kier alpha value is -2.88. The lowest BCUT2D eigenvalue weighted by atomic mass is 9.90. The van der Waals surface area contributed by atoms with Crippen LogP contribution in [-0.2, 0) is 16.0 Å². The van der Waals surface area contributed by atoms with Crippen LogP contribution in [0.3, 0.4) is 0 Å². The molecule has 0 spiro atoms. The van der Waals surface area contributed by atoms with Crippen LogP contribution in [-0.4, -0.2) is 29.8 Å². The highest BCUT2D eigenvalue weighted by atomic mass is 16.2. The number of carbonyl (C=O) groups excluding carboxylic acids is 2. The number of carbonyl (C=O) groups is 2. The lowest BCUT2D eigenvalue weighted by molar-refractivity contribution is -0.120. The van der Waals surface area contributed by atoms with E-state index in [0.29, 0.717) is 28.8 Å². The van der Waals surface area contributed by atoms with E-state index in [1.165, 1.54) is 10.5 Å². The van der Waals surface area contributed by atoms with Crippen LogP contribution in [0.4, 0.5) is 5.69 Å². The molecule has 2 aliphatic rings. The van der Waals surface area contributed by atoms with Crippen LogP contribution in [0, 0.1) is 25.7 Å². The first-order valence-electron chi connectivity index (χ1n) is 12.3. The van der Waals surface area contributed by atoms with Crippen molar-refractivity contribution in [3.8, 4) is 0 Å². The molecule has 0 saturated carbocycles.